The number of amides is 1. The fraction of sp³-hybridized carbons (Fsp3) is 0. The van der Waals surface area contributed by atoms with E-state index in [9.17, 15) is 13.6 Å². The molecular weight excluding hydrogens is 342 g/mol. The van der Waals surface area contributed by atoms with Crippen LogP contribution >= 0.6 is 22.9 Å². The molecule has 3 nitrogen and oxygen atoms in total. The summed E-state index contributed by atoms with van der Waals surface area (Å²) >= 11 is 7.05. The summed E-state index contributed by atoms with van der Waals surface area (Å²) in [5, 5.41) is 5.25. The van der Waals surface area contributed by atoms with Crippen LogP contribution in [0.25, 0.3) is 11.3 Å². The Labute approximate surface area is 139 Å². The lowest BCUT2D eigenvalue weighted by Crippen LogP contribution is -2.12. The van der Waals surface area contributed by atoms with E-state index >= 15 is 0 Å². The van der Waals surface area contributed by atoms with Crippen LogP contribution in [0.4, 0.5) is 13.9 Å². The van der Waals surface area contributed by atoms with Crippen molar-refractivity contribution in [2.45, 2.75) is 0 Å². The molecule has 2 aromatic carbocycles. The van der Waals surface area contributed by atoms with Crippen molar-refractivity contribution in [1.82, 2.24) is 4.98 Å². The summed E-state index contributed by atoms with van der Waals surface area (Å²) in [4.78, 5) is 16.3. The molecule has 0 atom stereocenters. The molecule has 1 amide bonds. The van der Waals surface area contributed by atoms with Crippen molar-refractivity contribution in [3.63, 3.8) is 0 Å². The van der Waals surface area contributed by atoms with Crippen LogP contribution in [-0.2, 0) is 0 Å². The highest BCUT2D eigenvalue weighted by molar-refractivity contribution is 7.14. The van der Waals surface area contributed by atoms with Crippen LogP contribution in [0.3, 0.4) is 0 Å². The van der Waals surface area contributed by atoms with Gasteiger partial charge in [0.15, 0.2) is 5.13 Å². The monoisotopic (exact) mass is 350 g/mol. The van der Waals surface area contributed by atoms with Gasteiger partial charge in [0.25, 0.3) is 5.91 Å². The molecule has 23 heavy (non-hydrogen) atoms. The number of nitrogens with zero attached hydrogens (tertiary/aromatic N) is 1. The highest BCUT2D eigenvalue weighted by Crippen LogP contribution is 2.26. The second kappa shape index (κ2) is 6.44. The lowest BCUT2D eigenvalue weighted by molar-refractivity contribution is 0.102. The van der Waals surface area contributed by atoms with Crippen molar-refractivity contribution in [2.24, 2.45) is 0 Å². The van der Waals surface area contributed by atoms with Crippen molar-refractivity contribution < 1.29 is 13.6 Å². The minimum atomic E-state index is -0.809. The molecule has 116 valence electrons. The molecular formula is C16H9ClF2N2OS. The molecule has 1 N–H and O–H groups in total. The first kappa shape index (κ1) is 15.6. The Morgan fingerprint density at radius 2 is 1.74 bits per heavy atom. The Hall–Kier alpha value is -2.31. The van der Waals surface area contributed by atoms with Gasteiger partial charge in [-0.25, -0.2) is 13.8 Å². The predicted molar refractivity (Wildman–Crippen MR) is 86.9 cm³/mol. The maximum atomic E-state index is 13.1. The van der Waals surface area contributed by atoms with E-state index in [1.54, 1.807) is 17.5 Å². The first-order valence-electron chi connectivity index (χ1n) is 6.50. The maximum absolute atomic E-state index is 13.1. The Morgan fingerprint density at radius 3 is 2.39 bits per heavy atom. The average Bonchev–Trinajstić information content (AvgIpc) is 2.95. The van der Waals surface area contributed by atoms with E-state index in [0.29, 0.717) is 21.9 Å². The second-order valence-corrected chi connectivity index (χ2v) is 5.95. The molecule has 0 fully saturated rings. The summed E-state index contributed by atoms with van der Waals surface area (Å²) in [6, 6.07) is 9.74. The van der Waals surface area contributed by atoms with E-state index in [4.69, 9.17) is 11.6 Å². The standard InChI is InChI=1S/C16H9ClF2N2OS/c17-11-3-1-9(2-4-11)14-8-23-16(20-14)21-15(22)10-5-12(18)7-13(19)6-10/h1-8H,(H,20,21,22). The minimum Gasteiger partial charge on any atom is -0.298 e. The number of carbonyl (C=O) groups is 1. The van der Waals surface area contributed by atoms with Gasteiger partial charge in [-0.05, 0) is 24.3 Å². The van der Waals surface area contributed by atoms with Crippen molar-refractivity contribution in [3.8, 4) is 11.3 Å². The first-order chi connectivity index (χ1) is 11.0. The topological polar surface area (TPSA) is 42.0 Å². The smallest absolute Gasteiger partial charge is 0.257 e. The van der Waals surface area contributed by atoms with Gasteiger partial charge < -0.3 is 0 Å². The van der Waals surface area contributed by atoms with Crippen LogP contribution in [0.2, 0.25) is 5.02 Å². The fourth-order valence-corrected chi connectivity index (χ4v) is 2.78. The number of carbonyl (C=O) groups excluding carboxylic acids is 1. The average molecular weight is 351 g/mol. The molecule has 0 spiro atoms. The van der Waals surface area contributed by atoms with Crippen LogP contribution in [0.5, 0.6) is 0 Å². The Kier molecular flexibility index (Phi) is 4.36. The van der Waals surface area contributed by atoms with Gasteiger partial charge >= 0.3 is 0 Å². The van der Waals surface area contributed by atoms with Gasteiger partial charge in [-0.2, -0.15) is 0 Å². The van der Waals surface area contributed by atoms with Gasteiger partial charge in [0, 0.05) is 27.6 Å². The molecule has 0 unspecified atom stereocenters. The van der Waals surface area contributed by atoms with Crippen LogP contribution in [0.1, 0.15) is 10.4 Å². The zero-order valence-corrected chi connectivity index (χ0v) is 13.1. The van der Waals surface area contributed by atoms with E-state index in [1.807, 2.05) is 12.1 Å². The zero-order chi connectivity index (χ0) is 16.4. The quantitative estimate of drug-likeness (QED) is 0.722. The summed E-state index contributed by atoms with van der Waals surface area (Å²) in [6.07, 6.45) is 0. The molecule has 0 radical (unpaired) electrons. The Bertz CT molecular complexity index is 845. The zero-order valence-electron chi connectivity index (χ0n) is 11.5. The summed E-state index contributed by atoms with van der Waals surface area (Å²) in [6.45, 7) is 0. The number of benzene rings is 2. The summed E-state index contributed by atoms with van der Waals surface area (Å²) < 4.78 is 26.3. The first-order valence-corrected chi connectivity index (χ1v) is 7.76. The van der Waals surface area contributed by atoms with Gasteiger partial charge in [0.1, 0.15) is 11.6 Å². The number of hydrogen-bond acceptors (Lipinski definition) is 3. The summed E-state index contributed by atoms with van der Waals surface area (Å²) in [7, 11) is 0. The third-order valence-corrected chi connectivity index (χ3v) is 4.00. The second-order valence-electron chi connectivity index (χ2n) is 4.66. The van der Waals surface area contributed by atoms with Gasteiger partial charge in [-0.1, -0.05) is 23.7 Å². The molecule has 0 saturated heterocycles. The predicted octanol–water partition coefficient (Wildman–Crippen LogP) is 4.99. The third-order valence-electron chi connectivity index (χ3n) is 2.99. The largest absolute Gasteiger partial charge is 0.298 e. The molecule has 7 heteroatoms. The van der Waals surface area contributed by atoms with Crippen molar-refractivity contribution >= 4 is 34.0 Å². The summed E-state index contributed by atoms with van der Waals surface area (Å²) in [5.41, 5.74) is 1.42. The number of rotatable bonds is 3. The van der Waals surface area contributed by atoms with Crippen LogP contribution in [0, 0.1) is 11.6 Å². The highest BCUT2D eigenvalue weighted by Gasteiger charge is 2.12. The Balaban J connectivity index is 1.78. The van der Waals surface area contributed by atoms with Gasteiger partial charge in [0.2, 0.25) is 0 Å². The lowest BCUT2D eigenvalue weighted by Gasteiger charge is -2.02. The lowest BCUT2D eigenvalue weighted by atomic mass is 10.2. The molecule has 0 saturated carbocycles. The Morgan fingerprint density at radius 1 is 1.09 bits per heavy atom. The van der Waals surface area contributed by atoms with E-state index in [1.165, 1.54) is 11.3 Å². The number of halogens is 3. The molecule has 0 bridgehead atoms. The number of aromatic nitrogens is 1. The van der Waals surface area contributed by atoms with Crippen molar-refractivity contribution in [3.05, 3.63) is 70.1 Å². The van der Waals surface area contributed by atoms with Crippen LogP contribution in [0.15, 0.2) is 47.8 Å². The molecule has 1 heterocycles. The molecule has 0 aliphatic carbocycles. The van der Waals surface area contributed by atoms with Gasteiger partial charge in [-0.15, -0.1) is 11.3 Å². The minimum absolute atomic E-state index is 0.106. The molecule has 1 aromatic heterocycles. The third kappa shape index (κ3) is 3.72. The van der Waals surface area contributed by atoms with E-state index in [2.05, 4.69) is 10.3 Å². The number of nitrogens with one attached hydrogen (secondary N) is 1. The molecule has 0 aliphatic heterocycles. The van der Waals surface area contributed by atoms with Crippen LogP contribution < -0.4 is 5.32 Å². The fourth-order valence-electron chi connectivity index (χ4n) is 1.94. The van der Waals surface area contributed by atoms with E-state index in [-0.39, 0.29) is 5.56 Å². The molecule has 3 aromatic rings. The van der Waals surface area contributed by atoms with Crippen molar-refractivity contribution in [2.75, 3.05) is 5.32 Å². The van der Waals surface area contributed by atoms with E-state index < -0.39 is 17.5 Å². The van der Waals surface area contributed by atoms with Crippen molar-refractivity contribution in [1.29, 1.82) is 0 Å². The maximum Gasteiger partial charge on any atom is 0.257 e. The molecule has 0 aliphatic rings. The summed E-state index contributed by atoms with van der Waals surface area (Å²) in [5.74, 6) is -2.24. The SMILES string of the molecule is O=C(Nc1nc(-c2ccc(Cl)cc2)cs1)c1cc(F)cc(F)c1. The van der Waals surface area contributed by atoms with Gasteiger partial charge in [-0.3, -0.25) is 10.1 Å². The van der Waals surface area contributed by atoms with Crippen LogP contribution in [-0.4, -0.2) is 10.9 Å². The highest BCUT2D eigenvalue weighted by atomic mass is 35.5. The number of anilines is 1. The normalized spacial score (nSPS) is 10.6. The van der Waals surface area contributed by atoms with E-state index in [0.717, 1.165) is 17.7 Å². The number of hydrogen-bond donors (Lipinski definition) is 1. The molecule has 3 rings (SSSR count). The van der Waals surface area contributed by atoms with Gasteiger partial charge in [0.05, 0.1) is 5.69 Å². The number of thiazole rings is 1.